The molecule has 2 rings (SSSR count). The first-order valence-electron chi connectivity index (χ1n) is 6.33. The summed E-state index contributed by atoms with van der Waals surface area (Å²) in [5.41, 5.74) is 6.66. The van der Waals surface area contributed by atoms with E-state index in [1.165, 1.54) is 0 Å². The molecule has 0 aromatic heterocycles. The van der Waals surface area contributed by atoms with Gasteiger partial charge in [0.25, 0.3) is 5.69 Å². The zero-order chi connectivity index (χ0) is 14.0. The summed E-state index contributed by atoms with van der Waals surface area (Å²) in [6, 6.07) is 5.33. The molecule has 1 fully saturated rings. The fraction of sp³-hybridized carbons (Fsp3) is 0.538. The van der Waals surface area contributed by atoms with Gasteiger partial charge in [-0.3, -0.25) is 15.0 Å². The maximum absolute atomic E-state index is 10.9. The molecule has 1 aliphatic rings. The van der Waals surface area contributed by atoms with Crippen molar-refractivity contribution in [2.24, 2.45) is 0 Å². The van der Waals surface area contributed by atoms with Crippen LogP contribution in [-0.4, -0.2) is 35.6 Å². The van der Waals surface area contributed by atoms with Gasteiger partial charge in [0, 0.05) is 25.3 Å². The van der Waals surface area contributed by atoms with Crippen molar-refractivity contribution in [1.82, 2.24) is 4.90 Å². The van der Waals surface area contributed by atoms with Gasteiger partial charge in [0.05, 0.1) is 11.0 Å². The Bertz CT molecular complexity index is 478. The summed E-state index contributed by atoms with van der Waals surface area (Å²) in [6.07, 6.45) is 1.20. The molecule has 0 spiro atoms. The molecule has 1 aromatic rings. The van der Waals surface area contributed by atoms with Gasteiger partial charge >= 0.3 is 0 Å². The topological polar surface area (TPSA) is 81.6 Å². The summed E-state index contributed by atoms with van der Waals surface area (Å²) in [4.78, 5) is 12.6. The molecule has 19 heavy (non-hydrogen) atoms. The van der Waals surface area contributed by atoms with E-state index >= 15 is 0 Å². The summed E-state index contributed by atoms with van der Waals surface area (Å²) in [5.74, 6) is 0. The molecule has 0 saturated carbocycles. The molecule has 1 saturated heterocycles. The third kappa shape index (κ3) is 3.02. The molecule has 2 N–H and O–H groups in total. The van der Waals surface area contributed by atoms with Crippen molar-refractivity contribution in [3.63, 3.8) is 0 Å². The third-order valence-electron chi connectivity index (χ3n) is 3.63. The van der Waals surface area contributed by atoms with Crippen LogP contribution in [0.15, 0.2) is 18.2 Å². The van der Waals surface area contributed by atoms with Crippen molar-refractivity contribution in [1.29, 1.82) is 0 Å². The van der Waals surface area contributed by atoms with Gasteiger partial charge in [0.15, 0.2) is 0 Å². The Hall–Kier alpha value is -1.66. The van der Waals surface area contributed by atoms with Crippen LogP contribution in [0.1, 0.15) is 18.9 Å². The molecule has 104 valence electrons. The number of rotatable bonds is 4. The molecule has 6 nitrogen and oxygen atoms in total. The van der Waals surface area contributed by atoms with E-state index in [1.54, 1.807) is 12.1 Å². The first-order chi connectivity index (χ1) is 8.99. The highest BCUT2D eigenvalue weighted by molar-refractivity contribution is 5.59. The van der Waals surface area contributed by atoms with Crippen LogP contribution in [0.25, 0.3) is 0 Å². The fourth-order valence-corrected chi connectivity index (χ4v) is 2.55. The lowest BCUT2D eigenvalue weighted by atomic mass is 10.1. The number of ether oxygens (including phenoxy) is 1. The van der Waals surface area contributed by atoms with Crippen LogP contribution in [0.2, 0.25) is 0 Å². The second-order valence-corrected chi connectivity index (χ2v) is 5.00. The lowest BCUT2D eigenvalue weighted by Crippen LogP contribution is -2.36. The van der Waals surface area contributed by atoms with Crippen LogP contribution in [0.4, 0.5) is 11.4 Å². The highest BCUT2D eigenvalue weighted by Gasteiger charge is 2.28. The molecular formula is C13H19N3O3. The van der Waals surface area contributed by atoms with Crippen molar-refractivity contribution in [2.45, 2.75) is 32.0 Å². The van der Waals surface area contributed by atoms with Crippen molar-refractivity contribution < 1.29 is 9.66 Å². The normalized spacial score (nSPS) is 22.9. The van der Waals surface area contributed by atoms with E-state index in [0.717, 1.165) is 18.6 Å². The van der Waals surface area contributed by atoms with Gasteiger partial charge in [-0.1, -0.05) is 6.07 Å². The predicted octanol–water partition coefficient (Wildman–Crippen LogP) is 1.79. The smallest absolute Gasteiger partial charge is 0.292 e. The summed E-state index contributed by atoms with van der Waals surface area (Å²) in [7, 11) is 2.01. The summed E-state index contributed by atoms with van der Waals surface area (Å²) < 4.78 is 5.54. The minimum absolute atomic E-state index is 0.0263. The van der Waals surface area contributed by atoms with E-state index in [2.05, 4.69) is 11.8 Å². The van der Waals surface area contributed by atoms with Gasteiger partial charge in [0.2, 0.25) is 0 Å². The summed E-state index contributed by atoms with van der Waals surface area (Å²) >= 11 is 0. The number of benzene rings is 1. The quantitative estimate of drug-likeness (QED) is 0.510. The second kappa shape index (κ2) is 5.54. The first kappa shape index (κ1) is 13.8. The number of nitrogens with two attached hydrogens (primary N) is 1. The molecule has 6 heteroatoms. The third-order valence-corrected chi connectivity index (χ3v) is 3.63. The number of nitrogens with zero attached hydrogens (tertiary/aromatic N) is 2. The number of likely N-dealkylation sites (N-methyl/N-ethyl adjacent to an activating group) is 1. The Morgan fingerprint density at radius 3 is 2.89 bits per heavy atom. The van der Waals surface area contributed by atoms with E-state index in [0.29, 0.717) is 12.6 Å². The van der Waals surface area contributed by atoms with E-state index < -0.39 is 4.92 Å². The van der Waals surface area contributed by atoms with Gasteiger partial charge in [-0.05, 0) is 32.0 Å². The zero-order valence-corrected chi connectivity index (χ0v) is 11.2. The molecule has 2 unspecified atom stereocenters. The fourth-order valence-electron chi connectivity index (χ4n) is 2.55. The molecule has 0 bridgehead atoms. The van der Waals surface area contributed by atoms with Crippen molar-refractivity contribution >= 4 is 11.4 Å². The van der Waals surface area contributed by atoms with E-state index in [4.69, 9.17) is 10.5 Å². The average molecular weight is 265 g/mol. The van der Waals surface area contributed by atoms with E-state index in [9.17, 15) is 10.1 Å². The first-order valence-corrected chi connectivity index (χ1v) is 6.33. The van der Waals surface area contributed by atoms with Crippen LogP contribution in [0.5, 0.6) is 0 Å². The molecule has 0 aliphatic carbocycles. The highest BCUT2D eigenvalue weighted by Crippen LogP contribution is 2.25. The van der Waals surface area contributed by atoms with Crippen LogP contribution in [0, 0.1) is 10.1 Å². The Morgan fingerprint density at radius 1 is 1.58 bits per heavy atom. The number of nitro benzene ring substituents is 1. The number of anilines is 1. The van der Waals surface area contributed by atoms with Gasteiger partial charge in [-0.15, -0.1) is 0 Å². The maximum Gasteiger partial charge on any atom is 0.292 e. The number of hydrogen-bond donors (Lipinski definition) is 1. The highest BCUT2D eigenvalue weighted by atomic mass is 16.6. The molecule has 1 aromatic carbocycles. The van der Waals surface area contributed by atoms with Crippen molar-refractivity contribution in [3.8, 4) is 0 Å². The maximum atomic E-state index is 10.9. The minimum atomic E-state index is -0.444. The molecule has 1 aliphatic heterocycles. The average Bonchev–Trinajstić information content (AvgIpc) is 2.77. The van der Waals surface area contributed by atoms with Gasteiger partial charge in [0.1, 0.15) is 5.69 Å². The Labute approximate surface area is 112 Å². The Kier molecular flexibility index (Phi) is 4.01. The summed E-state index contributed by atoms with van der Waals surface area (Å²) in [5, 5.41) is 10.9. The Morgan fingerprint density at radius 2 is 2.32 bits per heavy atom. The molecule has 0 amide bonds. The lowest BCUT2D eigenvalue weighted by Gasteiger charge is -2.26. The number of nitrogen functional groups attached to an aromatic ring is 1. The largest absolute Gasteiger partial charge is 0.393 e. The van der Waals surface area contributed by atoms with Crippen LogP contribution in [-0.2, 0) is 11.3 Å². The van der Waals surface area contributed by atoms with Crippen molar-refractivity contribution in [2.75, 3.05) is 19.4 Å². The van der Waals surface area contributed by atoms with Crippen LogP contribution >= 0.6 is 0 Å². The second-order valence-electron chi connectivity index (χ2n) is 5.00. The lowest BCUT2D eigenvalue weighted by molar-refractivity contribution is -0.384. The van der Waals surface area contributed by atoms with Crippen LogP contribution in [0.3, 0.4) is 0 Å². The van der Waals surface area contributed by atoms with E-state index in [1.807, 2.05) is 13.1 Å². The molecule has 1 heterocycles. The zero-order valence-electron chi connectivity index (χ0n) is 11.2. The van der Waals surface area contributed by atoms with E-state index in [-0.39, 0.29) is 17.5 Å². The molecule has 0 radical (unpaired) electrons. The Balaban J connectivity index is 2.10. The predicted molar refractivity (Wildman–Crippen MR) is 72.8 cm³/mol. The van der Waals surface area contributed by atoms with Crippen LogP contribution < -0.4 is 5.73 Å². The standard InChI is InChI=1S/C13H19N3O3/c1-9-12(5-6-19-9)15(2)8-10-3-4-11(14)13(7-10)16(17)18/h3-4,7,9,12H,5-6,8,14H2,1-2H3. The van der Waals surface area contributed by atoms with Crippen molar-refractivity contribution in [3.05, 3.63) is 33.9 Å². The SMILES string of the molecule is CC1OCCC1N(C)Cc1ccc(N)c([N+](=O)[O-])c1. The summed E-state index contributed by atoms with van der Waals surface area (Å²) in [6.45, 7) is 3.48. The van der Waals surface area contributed by atoms with Gasteiger partial charge < -0.3 is 10.5 Å². The molecular weight excluding hydrogens is 246 g/mol. The monoisotopic (exact) mass is 265 g/mol. The number of nitro groups is 1. The van der Waals surface area contributed by atoms with Gasteiger partial charge in [-0.25, -0.2) is 0 Å². The minimum Gasteiger partial charge on any atom is -0.393 e. The molecule has 2 atom stereocenters. The number of hydrogen-bond acceptors (Lipinski definition) is 5. The van der Waals surface area contributed by atoms with Gasteiger partial charge in [-0.2, -0.15) is 0 Å².